The lowest BCUT2D eigenvalue weighted by Gasteiger charge is -2.10. The lowest BCUT2D eigenvalue weighted by Crippen LogP contribution is -2.13. The first-order chi connectivity index (χ1) is 7.63. The lowest BCUT2D eigenvalue weighted by molar-refractivity contribution is 0.0870. The number of rotatable bonds is 5. The van der Waals surface area contributed by atoms with Crippen molar-refractivity contribution in [2.75, 3.05) is 18.5 Å². The normalized spacial score (nSPS) is 10.2. The molecule has 0 aliphatic rings. The van der Waals surface area contributed by atoms with Crippen LogP contribution in [0.2, 0.25) is 0 Å². The Bertz CT molecular complexity index is 385. The van der Waals surface area contributed by atoms with Gasteiger partial charge in [0.15, 0.2) is 0 Å². The molecular weight excluding hydrogens is 207 g/mol. The molecule has 3 nitrogen and oxygen atoms in total. The van der Waals surface area contributed by atoms with Gasteiger partial charge in [-0.2, -0.15) is 5.26 Å². The largest absolute Gasteiger partial charge is 0.380 e. The summed E-state index contributed by atoms with van der Waals surface area (Å²) in [5, 5.41) is 11.5. The molecule has 0 spiro atoms. The summed E-state index contributed by atoms with van der Waals surface area (Å²) >= 11 is 0. The first-order valence-corrected chi connectivity index (χ1v) is 5.18. The minimum atomic E-state index is -0.413. The maximum Gasteiger partial charge on any atom is 0.147 e. The van der Waals surface area contributed by atoms with Crippen LogP contribution in [0, 0.1) is 17.1 Å². The smallest absolute Gasteiger partial charge is 0.147 e. The van der Waals surface area contributed by atoms with Crippen molar-refractivity contribution in [2.45, 2.75) is 20.0 Å². The van der Waals surface area contributed by atoms with Crippen LogP contribution in [0.5, 0.6) is 0 Å². The SMILES string of the molecule is CC(C)OCCNc1ccc(C#N)cc1F. The summed E-state index contributed by atoms with van der Waals surface area (Å²) in [6.45, 7) is 4.96. The van der Waals surface area contributed by atoms with E-state index in [1.54, 1.807) is 12.1 Å². The standard InChI is InChI=1S/C12H15FN2O/c1-9(2)16-6-5-15-12-4-3-10(8-14)7-11(12)13/h3-4,7,9,15H,5-6H2,1-2H3. The Morgan fingerprint density at radius 1 is 1.50 bits per heavy atom. The number of ether oxygens (including phenoxy) is 1. The highest BCUT2D eigenvalue weighted by atomic mass is 19.1. The highest BCUT2D eigenvalue weighted by molar-refractivity contribution is 5.48. The Morgan fingerprint density at radius 2 is 2.25 bits per heavy atom. The van der Waals surface area contributed by atoms with Crippen LogP contribution >= 0.6 is 0 Å². The van der Waals surface area contributed by atoms with Gasteiger partial charge in [0, 0.05) is 6.54 Å². The fourth-order valence-corrected chi connectivity index (χ4v) is 1.21. The number of anilines is 1. The molecule has 0 amide bonds. The second kappa shape index (κ2) is 6.09. The topological polar surface area (TPSA) is 45.0 Å². The minimum Gasteiger partial charge on any atom is -0.380 e. The number of halogens is 1. The molecule has 0 aliphatic carbocycles. The summed E-state index contributed by atoms with van der Waals surface area (Å²) in [5.41, 5.74) is 0.716. The number of hydrogen-bond donors (Lipinski definition) is 1. The van der Waals surface area contributed by atoms with Crippen molar-refractivity contribution in [3.8, 4) is 6.07 Å². The van der Waals surface area contributed by atoms with Gasteiger partial charge in [-0.1, -0.05) is 0 Å². The third-order valence-electron chi connectivity index (χ3n) is 1.97. The molecule has 0 saturated heterocycles. The zero-order valence-corrected chi connectivity index (χ0v) is 9.46. The van der Waals surface area contributed by atoms with E-state index in [1.807, 2.05) is 19.9 Å². The molecule has 0 aliphatic heterocycles. The van der Waals surface area contributed by atoms with E-state index in [4.69, 9.17) is 10.00 Å². The van der Waals surface area contributed by atoms with Crippen LogP contribution in [0.1, 0.15) is 19.4 Å². The summed E-state index contributed by atoms with van der Waals surface area (Å²) in [6, 6.07) is 6.24. The summed E-state index contributed by atoms with van der Waals surface area (Å²) in [6.07, 6.45) is 0.174. The summed E-state index contributed by atoms with van der Waals surface area (Å²) in [5.74, 6) is -0.413. The van der Waals surface area contributed by atoms with E-state index >= 15 is 0 Å². The predicted octanol–water partition coefficient (Wildman–Crippen LogP) is 2.53. The van der Waals surface area contributed by atoms with Crippen molar-refractivity contribution in [3.63, 3.8) is 0 Å². The molecule has 1 aromatic rings. The van der Waals surface area contributed by atoms with E-state index < -0.39 is 5.82 Å². The van der Waals surface area contributed by atoms with Gasteiger partial charge in [-0.15, -0.1) is 0 Å². The van der Waals surface area contributed by atoms with Crippen molar-refractivity contribution < 1.29 is 9.13 Å². The minimum absolute atomic E-state index is 0.174. The molecule has 1 aromatic carbocycles. The van der Waals surface area contributed by atoms with E-state index in [0.717, 1.165) is 0 Å². The average molecular weight is 222 g/mol. The van der Waals surface area contributed by atoms with Crippen molar-refractivity contribution in [1.82, 2.24) is 0 Å². The number of nitrogens with zero attached hydrogens (tertiary/aromatic N) is 1. The van der Waals surface area contributed by atoms with E-state index in [9.17, 15) is 4.39 Å². The number of nitriles is 1. The van der Waals surface area contributed by atoms with Gasteiger partial charge >= 0.3 is 0 Å². The van der Waals surface area contributed by atoms with E-state index in [2.05, 4.69) is 5.32 Å². The second-order valence-electron chi connectivity index (χ2n) is 3.65. The van der Waals surface area contributed by atoms with Gasteiger partial charge in [0.25, 0.3) is 0 Å². The molecule has 0 bridgehead atoms. The molecule has 16 heavy (non-hydrogen) atoms. The predicted molar refractivity (Wildman–Crippen MR) is 60.7 cm³/mol. The van der Waals surface area contributed by atoms with Crippen molar-refractivity contribution in [2.24, 2.45) is 0 Å². The van der Waals surface area contributed by atoms with Gasteiger partial charge in [0.1, 0.15) is 5.82 Å². The second-order valence-corrected chi connectivity index (χ2v) is 3.65. The van der Waals surface area contributed by atoms with Gasteiger partial charge in [-0.25, -0.2) is 4.39 Å². The van der Waals surface area contributed by atoms with Crippen molar-refractivity contribution in [1.29, 1.82) is 5.26 Å². The summed E-state index contributed by atoms with van der Waals surface area (Å²) in [7, 11) is 0. The Morgan fingerprint density at radius 3 is 2.81 bits per heavy atom. The van der Waals surface area contributed by atoms with E-state index in [0.29, 0.717) is 24.4 Å². The maximum atomic E-state index is 13.4. The zero-order valence-electron chi connectivity index (χ0n) is 9.46. The highest BCUT2D eigenvalue weighted by Gasteiger charge is 2.02. The number of hydrogen-bond acceptors (Lipinski definition) is 3. The van der Waals surface area contributed by atoms with Gasteiger partial charge in [0.05, 0.1) is 30.0 Å². The Labute approximate surface area is 94.8 Å². The Balaban J connectivity index is 2.46. The number of nitrogens with one attached hydrogen (secondary N) is 1. The molecule has 0 fully saturated rings. The Kier molecular flexibility index (Phi) is 4.74. The van der Waals surface area contributed by atoms with Gasteiger partial charge in [-0.05, 0) is 32.0 Å². The monoisotopic (exact) mass is 222 g/mol. The van der Waals surface area contributed by atoms with Gasteiger partial charge in [-0.3, -0.25) is 0 Å². The molecule has 86 valence electrons. The third-order valence-corrected chi connectivity index (χ3v) is 1.97. The van der Waals surface area contributed by atoms with Gasteiger partial charge in [0.2, 0.25) is 0 Å². The molecule has 0 atom stereocenters. The lowest BCUT2D eigenvalue weighted by atomic mass is 10.2. The van der Waals surface area contributed by atoms with Gasteiger partial charge < -0.3 is 10.1 Å². The molecule has 0 unspecified atom stereocenters. The van der Waals surface area contributed by atoms with Crippen LogP contribution < -0.4 is 5.32 Å². The number of benzene rings is 1. The van der Waals surface area contributed by atoms with E-state index in [1.165, 1.54) is 6.07 Å². The molecule has 1 N–H and O–H groups in total. The van der Waals surface area contributed by atoms with Crippen LogP contribution in [-0.2, 0) is 4.74 Å². The van der Waals surface area contributed by atoms with Crippen LogP contribution in [0.3, 0.4) is 0 Å². The summed E-state index contributed by atoms with van der Waals surface area (Å²) in [4.78, 5) is 0. The molecule has 0 saturated carbocycles. The average Bonchev–Trinajstić information content (AvgIpc) is 2.25. The third kappa shape index (κ3) is 3.87. The first kappa shape index (κ1) is 12.5. The van der Waals surface area contributed by atoms with Crippen LogP contribution in [-0.4, -0.2) is 19.3 Å². The van der Waals surface area contributed by atoms with Crippen molar-refractivity contribution in [3.05, 3.63) is 29.6 Å². The quantitative estimate of drug-likeness (QED) is 0.779. The fraction of sp³-hybridized carbons (Fsp3) is 0.417. The van der Waals surface area contributed by atoms with Crippen molar-refractivity contribution >= 4 is 5.69 Å². The molecule has 1 rings (SSSR count). The fourth-order valence-electron chi connectivity index (χ4n) is 1.21. The Hall–Kier alpha value is -1.60. The summed E-state index contributed by atoms with van der Waals surface area (Å²) < 4.78 is 18.7. The molecule has 0 aromatic heterocycles. The highest BCUT2D eigenvalue weighted by Crippen LogP contribution is 2.14. The maximum absolute atomic E-state index is 13.4. The molecule has 4 heteroatoms. The first-order valence-electron chi connectivity index (χ1n) is 5.18. The zero-order chi connectivity index (χ0) is 12.0. The molecule has 0 radical (unpaired) electrons. The van der Waals surface area contributed by atoms with E-state index in [-0.39, 0.29) is 6.10 Å². The molecule has 0 heterocycles. The van der Waals surface area contributed by atoms with Crippen LogP contribution in [0.25, 0.3) is 0 Å². The van der Waals surface area contributed by atoms with Crippen LogP contribution in [0.4, 0.5) is 10.1 Å². The van der Waals surface area contributed by atoms with Crippen LogP contribution in [0.15, 0.2) is 18.2 Å². The molecular formula is C12H15FN2O.